The van der Waals surface area contributed by atoms with Gasteiger partial charge < -0.3 is 15.6 Å². The van der Waals surface area contributed by atoms with Crippen molar-refractivity contribution in [2.45, 2.75) is 25.3 Å². The standard InChI is InChI=1S/C17H19NO3/c1-12(18)16(11-17(19)20)13-6-5-9-15(10-13)21-14-7-3-2-4-8-14/h2-10,12,16H,11,18H2,1H3,(H,19,20). The van der Waals surface area contributed by atoms with Crippen molar-refractivity contribution < 1.29 is 14.6 Å². The molecule has 0 fully saturated rings. The van der Waals surface area contributed by atoms with Crippen molar-refractivity contribution in [2.75, 3.05) is 0 Å². The van der Waals surface area contributed by atoms with E-state index in [1.807, 2.05) is 61.5 Å². The van der Waals surface area contributed by atoms with E-state index >= 15 is 0 Å². The number of aliphatic carboxylic acids is 1. The molecular formula is C17H19NO3. The predicted octanol–water partition coefficient (Wildman–Crippen LogP) is 3.38. The molecule has 2 aromatic carbocycles. The number of rotatable bonds is 6. The second-order valence-corrected chi connectivity index (χ2v) is 5.05. The van der Waals surface area contributed by atoms with Crippen molar-refractivity contribution in [3.63, 3.8) is 0 Å². The number of carbonyl (C=O) groups is 1. The van der Waals surface area contributed by atoms with Crippen molar-refractivity contribution in [3.05, 3.63) is 60.2 Å². The normalized spacial score (nSPS) is 13.4. The quantitative estimate of drug-likeness (QED) is 0.853. The predicted molar refractivity (Wildman–Crippen MR) is 81.6 cm³/mol. The number of ether oxygens (including phenoxy) is 1. The molecule has 0 aromatic heterocycles. The number of carboxylic acids is 1. The van der Waals surface area contributed by atoms with E-state index in [2.05, 4.69) is 0 Å². The number of hydrogen-bond donors (Lipinski definition) is 2. The van der Waals surface area contributed by atoms with Gasteiger partial charge in [-0.1, -0.05) is 30.3 Å². The molecule has 0 aliphatic heterocycles. The maximum absolute atomic E-state index is 11.0. The Bertz CT molecular complexity index is 596. The summed E-state index contributed by atoms with van der Waals surface area (Å²) >= 11 is 0. The van der Waals surface area contributed by atoms with Crippen molar-refractivity contribution in [2.24, 2.45) is 5.73 Å². The van der Waals surface area contributed by atoms with Gasteiger partial charge in [0.1, 0.15) is 11.5 Å². The molecule has 2 unspecified atom stereocenters. The van der Waals surface area contributed by atoms with E-state index < -0.39 is 5.97 Å². The molecule has 0 amide bonds. The largest absolute Gasteiger partial charge is 0.481 e. The molecule has 0 aliphatic rings. The smallest absolute Gasteiger partial charge is 0.304 e. The highest BCUT2D eigenvalue weighted by Gasteiger charge is 2.20. The lowest BCUT2D eigenvalue weighted by molar-refractivity contribution is -0.137. The van der Waals surface area contributed by atoms with Gasteiger partial charge in [-0.3, -0.25) is 4.79 Å². The molecule has 110 valence electrons. The van der Waals surface area contributed by atoms with E-state index in [9.17, 15) is 4.79 Å². The zero-order valence-corrected chi connectivity index (χ0v) is 11.9. The first kappa shape index (κ1) is 15.1. The molecule has 2 atom stereocenters. The second kappa shape index (κ2) is 6.90. The SMILES string of the molecule is CC(N)C(CC(=O)O)c1cccc(Oc2ccccc2)c1. The zero-order chi connectivity index (χ0) is 15.2. The van der Waals surface area contributed by atoms with Gasteiger partial charge in [0.2, 0.25) is 0 Å². The van der Waals surface area contributed by atoms with Crippen LogP contribution in [0.3, 0.4) is 0 Å². The highest BCUT2D eigenvalue weighted by atomic mass is 16.5. The molecule has 0 saturated carbocycles. The van der Waals surface area contributed by atoms with Crippen molar-refractivity contribution >= 4 is 5.97 Å². The summed E-state index contributed by atoms with van der Waals surface area (Å²) in [6.07, 6.45) is 0.00641. The minimum atomic E-state index is -0.855. The van der Waals surface area contributed by atoms with Crippen LogP contribution in [0.4, 0.5) is 0 Å². The summed E-state index contributed by atoms with van der Waals surface area (Å²) in [5, 5.41) is 9.01. The fourth-order valence-corrected chi connectivity index (χ4v) is 2.23. The van der Waals surface area contributed by atoms with Crippen LogP contribution in [-0.4, -0.2) is 17.1 Å². The molecule has 4 nitrogen and oxygen atoms in total. The second-order valence-electron chi connectivity index (χ2n) is 5.05. The Morgan fingerprint density at radius 2 is 1.81 bits per heavy atom. The van der Waals surface area contributed by atoms with Gasteiger partial charge in [-0.25, -0.2) is 0 Å². The fourth-order valence-electron chi connectivity index (χ4n) is 2.23. The first-order chi connectivity index (χ1) is 10.1. The molecule has 0 bridgehead atoms. The molecule has 0 heterocycles. The Labute approximate surface area is 124 Å². The monoisotopic (exact) mass is 285 g/mol. The summed E-state index contributed by atoms with van der Waals surface area (Å²) in [6.45, 7) is 1.82. The summed E-state index contributed by atoms with van der Waals surface area (Å²) in [7, 11) is 0. The minimum Gasteiger partial charge on any atom is -0.481 e. The van der Waals surface area contributed by atoms with E-state index in [0.29, 0.717) is 5.75 Å². The molecule has 2 aromatic rings. The van der Waals surface area contributed by atoms with E-state index in [1.165, 1.54) is 0 Å². The maximum Gasteiger partial charge on any atom is 0.304 e. The average Bonchev–Trinajstić information content (AvgIpc) is 2.45. The summed E-state index contributed by atoms with van der Waals surface area (Å²) in [5.74, 6) is 0.327. The highest BCUT2D eigenvalue weighted by molar-refractivity contribution is 5.68. The number of para-hydroxylation sites is 1. The van der Waals surface area contributed by atoms with Crippen LogP contribution in [-0.2, 0) is 4.79 Å². The molecule has 2 rings (SSSR count). The summed E-state index contributed by atoms with van der Waals surface area (Å²) in [4.78, 5) is 11.0. The number of hydrogen-bond acceptors (Lipinski definition) is 3. The Morgan fingerprint density at radius 3 is 2.43 bits per heavy atom. The third-order valence-electron chi connectivity index (χ3n) is 3.29. The van der Waals surface area contributed by atoms with Crippen LogP contribution in [0.2, 0.25) is 0 Å². The van der Waals surface area contributed by atoms with Crippen LogP contribution < -0.4 is 10.5 Å². The van der Waals surface area contributed by atoms with E-state index in [4.69, 9.17) is 15.6 Å². The fraction of sp³-hybridized carbons (Fsp3) is 0.235. The Hall–Kier alpha value is -2.33. The van der Waals surface area contributed by atoms with Crippen LogP contribution in [0.15, 0.2) is 54.6 Å². The third-order valence-corrected chi connectivity index (χ3v) is 3.29. The number of benzene rings is 2. The van der Waals surface area contributed by atoms with Crippen molar-refractivity contribution in [1.29, 1.82) is 0 Å². The van der Waals surface area contributed by atoms with Crippen LogP contribution in [0.25, 0.3) is 0 Å². The van der Waals surface area contributed by atoms with E-state index in [0.717, 1.165) is 11.3 Å². The molecule has 4 heteroatoms. The van der Waals surface area contributed by atoms with Crippen LogP contribution in [0.5, 0.6) is 11.5 Å². The Morgan fingerprint density at radius 1 is 1.14 bits per heavy atom. The van der Waals surface area contributed by atoms with Gasteiger partial charge in [-0.2, -0.15) is 0 Å². The summed E-state index contributed by atoms with van der Waals surface area (Å²) in [5.41, 5.74) is 6.79. The van der Waals surface area contributed by atoms with Gasteiger partial charge in [0.15, 0.2) is 0 Å². The summed E-state index contributed by atoms with van der Waals surface area (Å²) in [6, 6.07) is 16.6. The molecule has 0 spiro atoms. The van der Waals surface area contributed by atoms with Crippen LogP contribution in [0, 0.1) is 0 Å². The maximum atomic E-state index is 11.0. The van der Waals surface area contributed by atoms with Gasteiger partial charge >= 0.3 is 5.97 Å². The van der Waals surface area contributed by atoms with Crippen LogP contribution >= 0.6 is 0 Å². The number of carboxylic acid groups (broad SMARTS) is 1. The topological polar surface area (TPSA) is 72.6 Å². The molecule has 21 heavy (non-hydrogen) atoms. The minimum absolute atomic E-state index is 0.00641. The number of nitrogens with two attached hydrogens (primary N) is 1. The van der Waals surface area contributed by atoms with Crippen molar-refractivity contribution in [3.8, 4) is 11.5 Å². The van der Waals surface area contributed by atoms with E-state index in [-0.39, 0.29) is 18.4 Å². The highest BCUT2D eigenvalue weighted by Crippen LogP contribution is 2.28. The molecule has 0 aliphatic carbocycles. The molecular weight excluding hydrogens is 266 g/mol. The lowest BCUT2D eigenvalue weighted by atomic mass is 9.90. The average molecular weight is 285 g/mol. The molecule has 0 saturated heterocycles. The summed E-state index contributed by atoms with van der Waals surface area (Å²) < 4.78 is 5.77. The lowest BCUT2D eigenvalue weighted by Crippen LogP contribution is -2.26. The zero-order valence-electron chi connectivity index (χ0n) is 11.9. The van der Waals surface area contributed by atoms with Gasteiger partial charge in [0, 0.05) is 12.0 Å². The Kier molecular flexibility index (Phi) is 4.95. The van der Waals surface area contributed by atoms with E-state index in [1.54, 1.807) is 0 Å². The van der Waals surface area contributed by atoms with Gasteiger partial charge in [0.05, 0.1) is 6.42 Å². The van der Waals surface area contributed by atoms with Crippen molar-refractivity contribution in [1.82, 2.24) is 0 Å². The first-order valence-electron chi connectivity index (χ1n) is 6.86. The molecule has 3 N–H and O–H groups in total. The van der Waals surface area contributed by atoms with Gasteiger partial charge in [0.25, 0.3) is 0 Å². The van der Waals surface area contributed by atoms with Gasteiger partial charge in [-0.15, -0.1) is 0 Å². The lowest BCUT2D eigenvalue weighted by Gasteiger charge is -2.20. The third kappa shape index (κ3) is 4.33. The Balaban J connectivity index is 2.21. The van der Waals surface area contributed by atoms with Gasteiger partial charge in [-0.05, 0) is 36.8 Å². The van der Waals surface area contributed by atoms with Crippen LogP contribution in [0.1, 0.15) is 24.8 Å². The first-order valence-corrected chi connectivity index (χ1v) is 6.86. The molecule has 0 radical (unpaired) electrons.